The maximum atomic E-state index is 12.5. The summed E-state index contributed by atoms with van der Waals surface area (Å²) in [4.78, 5) is 28.2. The molecule has 2 aromatic rings. The van der Waals surface area contributed by atoms with Crippen molar-refractivity contribution >= 4 is 28.5 Å². The molecule has 23 heavy (non-hydrogen) atoms. The number of carboxylic acids is 1. The first-order chi connectivity index (χ1) is 11.0. The second-order valence-corrected chi connectivity index (χ2v) is 5.95. The van der Waals surface area contributed by atoms with Crippen LogP contribution in [0.4, 0.5) is 5.69 Å². The third kappa shape index (κ3) is 3.23. The SMILES string of the molecule is CC1=CCC(C(=O)O)C(C(=O)Nc2cnc3ccccc3c2)C1. The van der Waals surface area contributed by atoms with E-state index in [-0.39, 0.29) is 5.91 Å². The van der Waals surface area contributed by atoms with Crippen molar-refractivity contribution in [3.8, 4) is 0 Å². The number of pyridine rings is 1. The first-order valence-electron chi connectivity index (χ1n) is 7.58. The number of hydrogen-bond donors (Lipinski definition) is 2. The molecule has 0 radical (unpaired) electrons. The van der Waals surface area contributed by atoms with Crippen LogP contribution in [0.2, 0.25) is 0 Å². The highest BCUT2D eigenvalue weighted by Crippen LogP contribution is 2.31. The van der Waals surface area contributed by atoms with Gasteiger partial charge in [-0.15, -0.1) is 0 Å². The van der Waals surface area contributed by atoms with Gasteiger partial charge in [0.25, 0.3) is 0 Å². The van der Waals surface area contributed by atoms with Crippen LogP contribution in [-0.4, -0.2) is 22.0 Å². The molecule has 1 aliphatic rings. The van der Waals surface area contributed by atoms with Gasteiger partial charge in [-0.25, -0.2) is 0 Å². The number of carbonyl (C=O) groups is 2. The highest BCUT2D eigenvalue weighted by molar-refractivity contribution is 5.96. The molecule has 118 valence electrons. The minimum absolute atomic E-state index is 0.262. The fraction of sp³-hybridized carbons (Fsp3) is 0.278. The highest BCUT2D eigenvalue weighted by Gasteiger charge is 2.35. The number of para-hydroxylation sites is 1. The first kappa shape index (κ1) is 15.2. The van der Waals surface area contributed by atoms with Gasteiger partial charge in [0.15, 0.2) is 0 Å². The van der Waals surface area contributed by atoms with E-state index in [0.717, 1.165) is 16.5 Å². The third-order valence-electron chi connectivity index (χ3n) is 4.26. The van der Waals surface area contributed by atoms with Crippen LogP contribution in [0, 0.1) is 11.8 Å². The zero-order chi connectivity index (χ0) is 16.4. The number of nitrogens with zero attached hydrogens (tertiary/aromatic N) is 1. The fourth-order valence-electron chi connectivity index (χ4n) is 2.99. The second-order valence-electron chi connectivity index (χ2n) is 5.95. The van der Waals surface area contributed by atoms with Crippen molar-refractivity contribution in [2.24, 2.45) is 11.8 Å². The minimum Gasteiger partial charge on any atom is -0.481 e. The van der Waals surface area contributed by atoms with Gasteiger partial charge in [0, 0.05) is 5.39 Å². The van der Waals surface area contributed by atoms with Crippen LogP contribution >= 0.6 is 0 Å². The summed E-state index contributed by atoms with van der Waals surface area (Å²) in [5, 5.41) is 13.1. The Kier molecular flexibility index (Phi) is 4.10. The molecular formula is C18H18N2O3. The Morgan fingerprint density at radius 2 is 2.04 bits per heavy atom. The van der Waals surface area contributed by atoms with Crippen molar-refractivity contribution in [1.29, 1.82) is 0 Å². The molecule has 2 N–H and O–H groups in total. The molecule has 1 aromatic heterocycles. The number of nitrogens with one attached hydrogen (secondary N) is 1. The number of fused-ring (bicyclic) bond motifs is 1. The lowest BCUT2D eigenvalue weighted by Gasteiger charge is -2.26. The van der Waals surface area contributed by atoms with E-state index in [9.17, 15) is 14.7 Å². The Hall–Kier alpha value is -2.69. The summed E-state index contributed by atoms with van der Waals surface area (Å²) in [6.45, 7) is 1.93. The Morgan fingerprint density at radius 3 is 2.83 bits per heavy atom. The summed E-state index contributed by atoms with van der Waals surface area (Å²) in [5.74, 6) is -2.41. The smallest absolute Gasteiger partial charge is 0.307 e. The van der Waals surface area contributed by atoms with E-state index in [0.29, 0.717) is 18.5 Å². The minimum atomic E-state index is -0.925. The molecule has 0 saturated heterocycles. The number of carbonyl (C=O) groups excluding carboxylic acids is 1. The van der Waals surface area contributed by atoms with Crippen LogP contribution in [0.1, 0.15) is 19.8 Å². The molecule has 0 saturated carbocycles. The predicted octanol–water partition coefficient (Wildman–Crippen LogP) is 3.23. The number of carboxylic acid groups (broad SMARTS) is 1. The van der Waals surface area contributed by atoms with E-state index in [2.05, 4.69) is 10.3 Å². The van der Waals surface area contributed by atoms with Gasteiger partial charge in [-0.05, 0) is 31.9 Å². The fourth-order valence-corrected chi connectivity index (χ4v) is 2.99. The van der Waals surface area contributed by atoms with E-state index in [4.69, 9.17) is 0 Å². The Morgan fingerprint density at radius 1 is 1.26 bits per heavy atom. The van der Waals surface area contributed by atoms with Crippen LogP contribution in [0.15, 0.2) is 48.2 Å². The zero-order valence-corrected chi connectivity index (χ0v) is 12.8. The number of hydrogen-bond acceptors (Lipinski definition) is 3. The van der Waals surface area contributed by atoms with Gasteiger partial charge in [0.05, 0.1) is 29.2 Å². The summed E-state index contributed by atoms with van der Waals surface area (Å²) in [6.07, 6.45) is 4.38. The lowest BCUT2D eigenvalue weighted by atomic mass is 9.79. The molecule has 2 atom stereocenters. The van der Waals surface area contributed by atoms with Gasteiger partial charge in [-0.1, -0.05) is 29.8 Å². The van der Waals surface area contributed by atoms with E-state index in [1.807, 2.05) is 43.3 Å². The Bertz CT molecular complexity index is 798. The van der Waals surface area contributed by atoms with Crippen LogP contribution in [0.3, 0.4) is 0 Å². The van der Waals surface area contributed by atoms with Crippen molar-refractivity contribution in [1.82, 2.24) is 4.98 Å². The van der Waals surface area contributed by atoms with Gasteiger partial charge >= 0.3 is 5.97 Å². The number of aromatic nitrogens is 1. The van der Waals surface area contributed by atoms with Gasteiger partial charge in [0.1, 0.15) is 0 Å². The van der Waals surface area contributed by atoms with Gasteiger partial charge in [-0.2, -0.15) is 0 Å². The lowest BCUT2D eigenvalue weighted by Crippen LogP contribution is -2.35. The van der Waals surface area contributed by atoms with E-state index < -0.39 is 17.8 Å². The van der Waals surface area contributed by atoms with Crippen molar-refractivity contribution in [2.75, 3.05) is 5.32 Å². The molecule has 1 heterocycles. The van der Waals surface area contributed by atoms with Gasteiger partial charge in [-0.3, -0.25) is 14.6 Å². The standard InChI is InChI=1S/C18H18N2O3/c1-11-6-7-14(18(22)23)15(8-11)17(21)20-13-9-12-4-2-3-5-16(12)19-10-13/h2-6,9-10,14-15H,7-8H2,1H3,(H,20,21)(H,22,23). The summed E-state index contributed by atoms with van der Waals surface area (Å²) in [7, 11) is 0. The molecule has 2 unspecified atom stereocenters. The van der Waals surface area contributed by atoms with Gasteiger partial charge in [0.2, 0.25) is 5.91 Å². The molecule has 0 fully saturated rings. The maximum absolute atomic E-state index is 12.5. The zero-order valence-electron chi connectivity index (χ0n) is 12.8. The first-order valence-corrected chi connectivity index (χ1v) is 7.58. The number of amides is 1. The molecule has 1 aliphatic carbocycles. The number of rotatable bonds is 3. The molecular weight excluding hydrogens is 292 g/mol. The molecule has 5 nitrogen and oxygen atoms in total. The van der Waals surface area contributed by atoms with Crippen molar-refractivity contribution in [3.05, 3.63) is 48.2 Å². The molecule has 1 aromatic carbocycles. The van der Waals surface area contributed by atoms with Crippen LogP contribution in [0.5, 0.6) is 0 Å². The number of allylic oxidation sites excluding steroid dienone is 2. The summed E-state index contributed by atoms with van der Waals surface area (Å²) in [6, 6.07) is 9.48. The highest BCUT2D eigenvalue weighted by atomic mass is 16.4. The van der Waals surface area contributed by atoms with Crippen LogP contribution in [0.25, 0.3) is 10.9 Å². The van der Waals surface area contributed by atoms with E-state index in [1.165, 1.54) is 0 Å². The molecule has 0 bridgehead atoms. The average Bonchev–Trinajstić information content (AvgIpc) is 2.54. The number of anilines is 1. The van der Waals surface area contributed by atoms with E-state index in [1.54, 1.807) is 6.20 Å². The molecule has 0 aliphatic heterocycles. The topological polar surface area (TPSA) is 79.3 Å². The Balaban J connectivity index is 1.81. The predicted molar refractivity (Wildman–Crippen MR) is 88.0 cm³/mol. The third-order valence-corrected chi connectivity index (χ3v) is 4.26. The number of benzene rings is 1. The summed E-state index contributed by atoms with van der Waals surface area (Å²) >= 11 is 0. The quantitative estimate of drug-likeness (QED) is 0.853. The van der Waals surface area contributed by atoms with E-state index >= 15 is 0 Å². The summed E-state index contributed by atoms with van der Waals surface area (Å²) < 4.78 is 0. The molecule has 5 heteroatoms. The lowest BCUT2D eigenvalue weighted by molar-refractivity contribution is -0.146. The largest absolute Gasteiger partial charge is 0.481 e. The van der Waals surface area contributed by atoms with Crippen LogP contribution < -0.4 is 5.32 Å². The monoisotopic (exact) mass is 310 g/mol. The second kappa shape index (κ2) is 6.20. The van der Waals surface area contributed by atoms with Crippen molar-refractivity contribution in [3.63, 3.8) is 0 Å². The molecule has 1 amide bonds. The summed E-state index contributed by atoms with van der Waals surface area (Å²) in [5.41, 5.74) is 2.50. The average molecular weight is 310 g/mol. The Labute approximate surface area is 134 Å². The number of aliphatic carboxylic acids is 1. The van der Waals surface area contributed by atoms with Gasteiger partial charge < -0.3 is 10.4 Å². The van der Waals surface area contributed by atoms with Crippen molar-refractivity contribution in [2.45, 2.75) is 19.8 Å². The molecule has 3 rings (SSSR count). The molecule has 0 spiro atoms. The maximum Gasteiger partial charge on any atom is 0.307 e. The van der Waals surface area contributed by atoms with Crippen molar-refractivity contribution < 1.29 is 14.7 Å². The normalized spacial score (nSPS) is 20.8. The van der Waals surface area contributed by atoms with Crippen LogP contribution in [-0.2, 0) is 9.59 Å².